The van der Waals surface area contributed by atoms with Crippen molar-refractivity contribution in [2.75, 3.05) is 13.1 Å². The Bertz CT molecular complexity index is 586. The van der Waals surface area contributed by atoms with Crippen LogP contribution in [-0.2, 0) is 16.6 Å². The van der Waals surface area contributed by atoms with Crippen molar-refractivity contribution in [2.45, 2.75) is 65.3 Å². The second-order valence-corrected chi connectivity index (χ2v) is 6.79. The van der Waals surface area contributed by atoms with E-state index in [9.17, 15) is 9.59 Å². The van der Waals surface area contributed by atoms with Crippen LogP contribution in [0.25, 0.3) is 0 Å². The molecule has 1 saturated heterocycles. The third-order valence-electron chi connectivity index (χ3n) is 4.90. The van der Waals surface area contributed by atoms with E-state index in [4.69, 9.17) is 0 Å². The summed E-state index contributed by atoms with van der Waals surface area (Å²) in [6.45, 7) is 7.59. The van der Waals surface area contributed by atoms with Gasteiger partial charge in [-0.05, 0) is 33.6 Å². The van der Waals surface area contributed by atoms with Gasteiger partial charge in [0, 0.05) is 44.2 Å². The van der Waals surface area contributed by atoms with E-state index in [1.807, 2.05) is 37.4 Å². The highest BCUT2D eigenvalue weighted by atomic mass is 16.2. The molecule has 2 rings (SSSR count). The van der Waals surface area contributed by atoms with Crippen molar-refractivity contribution in [2.24, 2.45) is 7.05 Å². The van der Waals surface area contributed by atoms with Gasteiger partial charge in [0.2, 0.25) is 11.8 Å². The fourth-order valence-corrected chi connectivity index (χ4v) is 3.50. The molecule has 2 heterocycles. The molecule has 1 atom stereocenters. The maximum atomic E-state index is 12.3. The zero-order chi connectivity index (χ0) is 17.7. The van der Waals surface area contributed by atoms with E-state index in [1.165, 1.54) is 12.8 Å². The van der Waals surface area contributed by atoms with Crippen LogP contribution in [0, 0.1) is 13.8 Å². The van der Waals surface area contributed by atoms with Gasteiger partial charge in [-0.15, -0.1) is 0 Å². The molecule has 0 saturated carbocycles. The number of amides is 2. The lowest BCUT2D eigenvalue weighted by Gasteiger charge is -2.20. The van der Waals surface area contributed by atoms with Crippen molar-refractivity contribution in [1.82, 2.24) is 20.0 Å². The molecule has 1 aliphatic heterocycles. The molecule has 6 heteroatoms. The fourth-order valence-electron chi connectivity index (χ4n) is 3.50. The van der Waals surface area contributed by atoms with E-state index in [-0.39, 0.29) is 24.3 Å². The van der Waals surface area contributed by atoms with Crippen molar-refractivity contribution in [3.05, 3.63) is 17.0 Å². The third-order valence-corrected chi connectivity index (χ3v) is 4.90. The van der Waals surface area contributed by atoms with Crippen LogP contribution in [0.1, 0.15) is 68.4 Å². The van der Waals surface area contributed by atoms with Crippen LogP contribution in [0.15, 0.2) is 0 Å². The molecule has 0 unspecified atom stereocenters. The normalized spacial score (nSPS) is 16.6. The van der Waals surface area contributed by atoms with Gasteiger partial charge in [0.1, 0.15) is 0 Å². The van der Waals surface area contributed by atoms with Crippen molar-refractivity contribution >= 4 is 11.8 Å². The summed E-state index contributed by atoms with van der Waals surface area (Å²) in [4.78, 5) is 26.4. The van der Waals surface area contributed by atoms with Crippen LogP contribution in [-0.4, -0.2) is 39.6 Å². The molecule has 1 N–H and O–H groups in total. The van der Waals surface area contributed by atoms with Crippen LogP contribution < -0.4 is 5.32 Å². The Hall–Kier alpha value is -1.85. The number of rotatable bonds is 5. The number of likely N-dealkylation sites (tertiary alicyclic amines) is 1. The maximum Gasteiger partial charge on any atom is 0.223 e. The average Bonchev–Trinajstić information content (AvgIpc) is 2.74. The molecule has 0 bridgehead atoms. The molecule has 134 valence electrons. The Labute approximate surface area is 144 Å². The number of carbonyl (C=O) groups is 2. The number of nitrogens with one attached hydrogen (secondary N) is 1. The minimum Gasteiger partial charge on any atom is -0.349 e. The highest BCUT2D eigenvalue weighted by molar-refractivity contribution is 5.84. The molecule has 1 aliphatic rings. The molecule has 2 amide bonds. The van der Waals surface area contributed by atoms with Crippen LogP contribution in [0.3, 0.4) is 0 Å². The second kappa shape index (κ2) is 8.31. The van der Waals surface area contributed by atoms with E-state index in [0.29, 0.717) is 6.42 Å². The number of aryl methyl sites for hydroxylation is 2. The first-order valence-electron chi connectivity index (χ1n) is 8.97. The number of hydrogen-bond acceptors (Lipinski definition) is 3. The summed E-state index contributed by atoms with van der Waals surface area (Å²) in [5.41, 5.74) is 3.05. The zero-order valence-corrected chi connectivity index (χ0v) is 15.4. The third kappa shape index (κ3) is 4.58. The van der Waals surface area contributed by atoms with E-state index in [2.05, 4.69) is 10.4 Å². The Morgan fingerprint density at radius 2 is 1.75 bits per heavy atom. The standard InChI is InChI=1S/C18H30N4O2/c1-13(18-14(2)20-21(4)15(18)3)19-16(23)9-10-17(24)22-11-7-5-6-8-12-22/h13H,5-12H2,1-4H3,(H,19,23)/t13-/m0/s1. The topological polar surface area (TPSA) is 67.2 Å². The van der Waals surface area contributed by atoms with Gasteiger partial charge in [-0.3, -0.25) is 14.3 Å². The van der Waals surface area contributed by atoms with Crippen LogP contribution >= 0.6 is 0 Å². The van der Waals surface area contributed by atoms with Crippen molar-refractivity contribution in [3.8, 4) is 0 Å². The zero-order valence-electron chi connectivity index (χ0n) is 15.4. The Balaban J connectivity index is 1.83. The van der Waals surface area contributed by atoms with Gasteiger partial charge in [0.25, 0.3) is 0 Å². The van der Waals surface area contributed by atoms with Crippen molar-refractivity contribution in [3.63, 3.8) is 0 Å². The molecule has 6 nitrogen and oxygen atoms in total. The maximum absolute atomic E-state index is 12.3. The van der Waals surface area contributed by atoms with Crippen LogP contribution in [0.5, 0.6) is 0 Å². The summed E-state index contributed by atoms with van der Waals surface area (Å²) in [5.74, 6) is 0.0294. The molecule has 24 heavy (non-hydrogen) atoms. The van der Waals surface area contributed by atoms with Gasteiger partial charge in [0.15, 0.2) is 0 Å². The van der Waals surface area contributed by atoms with Gasteiger partial charge in [-0.25, -0.2) is 0 Å². The van der Waals surface area contributed by atoms with Gasteiger partial charge in [-0.2, -0.15) is 5.10 Å². The monoisotopic (exact) mass is 334 g/mol. The summed E-state index contributed by atoms with van der Waals surface area (Å²) >= 11 is 0. The minimum atomic E-state index is -0.0977. The molecular weight excluding hydrogens is 304 g/mol. The fraction of sp³-hybridized carbons (Fsp3) is 0.722. The molecule has 0 aromatic carbocycles. The minimum absolute atomic E-state index is 0.0756. The van der Waals surface area contributed by atoms with Gasteiger partial charge in [0.05, 0.1) is 11.7 Å². The highest BCUT2D eigenvalue weighted by Gasteiger charge is 2.20. The van der Waals surface area contributed by atoms with Gasteiger partial charge >= 0.3 is 0 Å². The van der Waals surface area contributed by atoms with E-state index in [0.717, 1.165) is 42.9 Å². The lowest BCUT2D eigenvalue weighted by Crippen LogP contribution is -2.33. The van der Waals surface area contributed by atoms with Gasteiger partial charge in [-0.1, -0.05) is 12.8 Å². The number of carbonyl (C=O) groups excluding carboxylic acids is 2. The molecular formula is C18H30N4O2. The number of nitrogens with zero attached hydrogens (tertiary/aromatic N) is 3. The molecule has 0 aliphatic carbocycles. The number of aromatic nitrogens is 2. The second-order valence-electron chi connectivity index (χ2n) is 6.79. The Morgan fingerprint density at radius 3 is 2.29 bits per heavy atom. The van der Waals surface area contributed by atoms with Crippen LogP contribution in [0.2, 0.25) is 0 Å². The lowest BCUT2D eigenvalue weighted by molar-refractivity contribution is -0.133. The van der Waals surface area contributed by atoms with Gasteiger partial charge < -0.3 is 10.2 Å². The SMILES string of the molecule is Cc1nn(C)c(C)c1[C@H](C)NC(=O)CCC(=O)N1CCCCCC1. The van der Waals surface area contributed by atoms with Crippen molar-refractivity contribution < 1.29 is 9.59 Å². The first-order chi connectivity index (χ1) is 11.4. The first kappa shape index (κ1) is 18.5. The lowest BCUT2D eigenvalue weighted by atomic mass is 10.1. The number of hydrogen-bond donors (Lipinski definition) is 1. The molecule has 1 aromatic heterocycles. The first-order valence-corrected chi connectivity index (χ1v) is 8.97. The van der Waals surface area contributed by atoms with E-state index >= 15 is 0 Å². The Kier molecular flexibility index (Phi) is 6.40. The summed E-state index contributed by atoms with van der Waals surface area (Å²) < 4.78 is 1.83. The van der Waals surface area contributed by atoms with Crippen molar-refractivity contribution in [1.29, 1.82) is 0 Å². The molecule has 0 spiro atoms. The molecule has 1 fully saturated rings. The summed E-state index contributed by atoms with van der Waals surface area (Å²) in [6, 6.07) is -0.0977. The summed E-state index contributed by atoms with van der Waals surface area (Å²) in [7, 11) is 1.90. The smallest absolute Gasteiger partial charge is 0.223 e. The van der Waals surface area contributed by atoms with Crippen LogP contribution in [0.4, 0.5) is 0 Å². The largest absolute Gasteiger partial charge is 0.349 e. The predicted molar refractivity (Wildman–Crippen MR) is 93.5 cm³/mol. The summed E-state index contributed by atoms with van der Waals surface area (Å²) in [6.07, 6.45) is 5.10. The summed E-state index contributed by atoms with van der Waals surface area (Å²) in [5, 5.41) is 7.39. The highest BCUT2D eigenvalue weighted by Crippen LogP contribution is 2.20. The van der Waals surface area contributed by atoms with E-state index < -0.39 is 0 Å². The molecule has 1 aromatic rings. The quantitative estimate of drug-likeness (QED) is 0.899. The molecule has 0 radical (unpaired) electrons. The predicted octanol–water partition coefficient (Wildman–Crippen LogP) is 2.40. The Morgan fingerprint density at radius 1 is 1.12 bits per heavy atom. The average molecular weight is 334 g/mol. The van der Waals surface area contributed by atoms with E-state index in [1.54, 1.807) is 0 Å².